The molecule has 3 heteroatoms. The van der Waals surface area contributed by atoms with Crippen molar-refractivity contribution < 1.29 is 9.94 Å². The smallest absolute Gasteiger partial charge is 0.119 e. The zero-order valence-corrected chi connectivity index (χ0v) is 12.1. The number of benzene rings is 1. The molecule has 3 nitrogen and oxygen atoms in total. The molecule has 0 aliphatic rings. The summed E-state index contributed by atoms with van der Waals surface area (Å²) in [6.45, 7) is 4.96. The van der Waals surface area contributed by atoms with E-state index in [2.05, 4.69) is 12.1 Å². The van der Waals surface area contributed by atoms with E-state index in [1.165, 1.54) is 25.7 Å². The van der Waals surface area contributed by atoms with E-state index in [0.29, 0.717) is 12.1 Å². The predicted octanol–water partition coefficient (Wildman–Crippen LogP) is 4.62. The molecule has 106 valence electrons. The first-order chi connectivity index (χ1) is 9.31. The van der Waals surface area contributed by atoms with Crippen LogP contribution >= 0.6 is 0 Å². The fourth-order valence-electron chi connectivity index (χ4n) is 1.97. The Hall–Kier alpha value is -1.51. The Kier molecular flexibility index (Phi) is 7.71. The maximum absolute atomic E-state index is 8.85. The highest BCUT2D eigenvalue weighted by Gasteiger charge is 2.02. The molecule has 0 amide bonds. The largest absolute Gasteiger partial charge is 0.494 e. The Balaban J connectivity index is 2.32. The second-order valence-corrected chi connectivity index (χ2v) is 4.69. The van der Waals surface area contributed by atoms with E-state index in [0.717, 1.165) is 24.3 Å². The van der Waals surface area contributed by atoms with Gasteiger partial charge < -0.3 is 9.94 Å². The molecule has 19 heavy (non-hydrogen) atoms. The van der Waals surface area contributed by atoms with Crippen molar-refractivity contribution in [3.8, 4) is 5.75 Å². The minimum absolute atomic E-state index is 0.700. The average molecular weight is 263 g/mol. The van der Waals surface area contributed by atoms with E-state index in [1.807, 2.05) is 31.2 Å². The van der Waals surface area contributed by atoms with Gasteiger partial charge in [0.15, 0.2) is 0 Å². The highest BCUT2D eigenvalue weighted by Crippen LogP contribution is 2.14. The third kappa shape index (κ3) is 5.77. The van der Waals surface area contributed by atoms with Gasteiger partial charge >= 0.3 is 0 Å². The van der Waals surface area contributed by atoms with Crippen molar-refractivity contribution >= 4 is 5.71 Å². The van der Waals surface area contributed by atoms with Crippen LogP contribution in [0.1, 0.15) is 57.9 Å². The molecule has 0 radical (unpaired) electrons. The van der Waals surface area contributed by atoms with Crippen molar-refractivity contribution in [2.45, 2.75) is 52.4 Å². The highest BCUT2D eigenvalue weighted by molar-refractivity contribution is 6.00. The van der Waals surface area contributed by atoms with Crippen LogP contribution in [-0.2, 0) is 0 Å². The van der Waals surface area contributed by atoms with Gasteiger partial charge in [-0.25, -0.2) is 0 Å². The van der Waals surface area contributed by atoms with Crippen molar-refractivity contribution in [3.63, 3.8) is 0 Å². The predicted molar refractivity (Wildman–Crippen MR) is 79.3 cm³/mol. The summed E-state index contributed by atoms with van der Waals surface area (Å²) < 4.78 is 5.69. The topological polar surface area (TPSA) is 41.8 Å². The molecule has 0 spiro atoms. The van der Waals surface area contributed by atoms with Gasteiger partial charge in [-0.15, -0.1) is 0 Å². The lowest BCUT2D eigenvalue weighted by molar-refractivity contribution is 0.304. The number of hydrogen-bond donors (Lipinski definition) is 1. The summed E-state index contributed by atoms with van der Waals surface area (Å²) >= 11 is 0. The number of rotatable bonds is 9. The van der Waals surface area contributed by atoms with Gasteiger partial charge in [-0.05, 0) is 42.7 Å². The zero-order valence-electron chi connectivity index (χ0n) is 12.1. The van der Waals surface area contributed by atoms with Crippen LogP contribution in [0.25, 0.3) is 0 Å². The van der Waals surface area contributed by atoms with Crippen LogP contribution in [0.4, 0.5) is 0 Å². The van der Waals surface area contributed by atoms with E-state index >= 15 is 0 Å². The molecule has 0 atom stereocenters. The summed E-state index contributed by atoms with van der Waals surface area (Å²) in [6.07, 6.45) is 6.95. The lowest BCUT2D eigenvalue weighted by Gasteiger charge is -2.07. The molecule has 0 heterocycles. The van der Waals surface area contributed by atoms with E-state index in [1.54, 1.807) is 0 Å². The molecule has 0 aliphatic heterocycles. The minimum atomic E-state index is 0.700. The summed E-state index contributed by atoms with van der Waals surface area (Å²) in [5.74, 6) is 0.882. The van der Waals surface area contributed by atoms with Crippen LogP contribution < -0.4 is 4.74 Å². The van der Waals surface area contributed by atoms with Crippen LogP contribution in [0.2, 0.25) is 0 Å². The van der Waals surface area contributed by atoms with Gasteiger partial charge in [-0.3, -0.25) is 0 Å². The van der Waals surface area contributed by atoms with Crippen LogP contribution in [-0.4, -0.2) is 17.5 Å². The van der Waals surface area contributed by atoms with E-state index in [9.17, 15) is 0 Å². The van der Waals surface area contributed by atoms with E-state index in [4.69, 9.17) is 9.94 Å². The van der Waals surface area contributed by atoms with Gasteiger partial charge in [-0.1, -0.05) is 44.7 Å². The lowest BCUT2D eigenvalue weighted by atomic mass is 10.1. The fraction of sp³-hybridized carbons (Fsp3) is 0.562. The minimum Gasteiger partial charge on any atom is -0.494 e. The van der Waals surface area contributed by atoms with Gasteiger partial charge in [0.25, 0.3) is 0 Å². The first-order valence-corrected chi connectivity index (χ1v) is 7.26. The molecular formula is C16H25NO2. The second kappa shape index (κ2) is 9.42. The van der Waals surface area contributed by atoms with Crippen LogP contribution in [0.15, 0.2) is 29.4 Å². The normalized spacial score (nSPS) is 11.6. The van der Waals surface area contributed by atoms with Crippen molar-refractivity contribution in [2.75, 3.05) is 6.61 Å². The van der Waals surface area contributed by atoms with Crippen molar-refractivity contribution in [1.29, 1.82) is 0 Å². The van der Waals surface area contributed by atoms with Crippen molar-refractivity contribution in [1.82, 2.24) is 0 Å². The first-order valence-electron chi connectivity index (χ1n) is 7.26. The molecule has 0 bridgehead atoms. The molecule has 0 saturated heterocycles. The molecule has 0 fully saturated rings. The molecule has 0 aliphatic carbocycles. The SMILES string of the molecule is CCCCCCCOc1ccc(/C(CC)=N/O)cc1. The molecule has 1 aromatic carbocycles. The summed E-state index contributed by atoms with van der Waals surface area (Å²) in [5.41, 5.74) is 1.64. The van der Waals surface area contributed by atoms with Crippen LogP contribution in [0.5, 0.6) is 5.75 Å². The summed E-state index contributed by atoms with van der Waals surface area (Å²) in [5, 5.41) is 12.1. The third-order valence-electron chi connectivity index (χ3n) is 3.16. The van der Waals surface area contributed by atoms with Gasteiger partial charge in [-0.2, -0.15) is 0 Å². The Labute approximate surface area is 116 Å². The molecule has 1 rings (SSSR count). The molecular weight excluding hydrogens is 238 g/mol. The van der Waals surface area contributed by atoms with E-state index in [-0.39, 0.29) is 0 Å². The number of oxime groups is 1. The summed E-state index contributed by atoms with van der Waals surface area (Å²) in [7, 11) is 0. The van der Waals surface area contributed by atoms with Crippen molar-refractivity contribution in [2.24, 2.45) is 5.16 Å². The Morgan fingerprint density at radius 1 is 1.05 bits per heavy atom. The van der Waals surface area contributed by atoms with Gasteiger partial charge in [0.05, 0.1) is 12.3 Å². The van der Waals surface area contributed by atoms with Crippen LogP contribution in [0, 0.1) is 0 Å². The lowest BCUT2D eigenvalue weighted by Crippen LogP contribution is -2.00. The maximum Gasteiger partial charge on any atom is 0.119 e. The van der Waals surface area contributed by atoms with E-state index < -0.39 is 0 Å². The Morgan fingerprint density at radius 2 is 1.74 bits per heavy atom. The Morgan fingerprint density at radius 3 is 2.32 bits per heavy atom. The highest BCUT2D eigenvalue weighted by atomic mass is 16.5. The van der Waals surface area contributed by atoms with Crippen molar-refractivity contribution in [3.05, 3.63) is 29.8 Å². The molecule has 0 aromatic heterocycles. The van der Waals surface area contributed by atoms with Crippen LogP contribution in [0.3, 0.4) is 0 Å². The van der Waals surface area contributed by atoms with Gasteiger partial charge in [0.2, 0.25) is 0 Å². The second-order valence-electron chi connectivity index (χ2n) is 4.69. The molecule has 1 aromatic rings. The standard InChI is InChI=1S/C16H25NO2/c1-3-5-6-7-8-13-19-15-11-9-14(10-12-15)16(4-2)17-18/h9-12,18H,3-8,13H2,1-2H3/b17-16+. The van der Waals surface area contributed by atoms with Gasteiger partial charge in [0.1, 0.15) is 5.75 Å². The fourth-order valence-corrected chi connectivity index (χ4v) is 1.97. The average Bonchev–Trinajstić information content (AvgIpc) is 2.45. The Bertz CT molecular complexity index is 371. The first kappa shape index (κ1) is 15.5. The van der Waals surface area contributed by atoms with Gasteiger partial charge in [0, 0.05) is 0 Å². The monoisotopic (exact) mass is 263 g/mol. The molecule has 0 saturated carbocycles. The third-order valence-corrected chi connectivity index (χ3v) is 3.16. The number of unbranched alkanes of at least 4 members (excludes halogenated alkanes) is 4. The summed E-state index contributed by atoms with van der Waals surface area (Å²) in [4.78, 5) is 0. The summed E-state index contributed by atoms with van der Waals surface area (Å²) in [6, 6.07) is 7.74. The maximum atomic E-state index is 8.85. The number of ether oxygens (including phenoxy) is 1. The zero-order chi connectivity index (χ0) is 13.9. The number of hydrogen-bond acceptors (Lipinski definition) is 3. The molecule has 1 N–H and O–H groups in total. The molecule has 0 unspecified atom stereocenters. The quantitative estimate of drug-likeness (QED) is 0.305. The number of nitrogens with zero attached hydrogens (tertiary/aromatic N) is 1.